The molecular formula is C15H12FN3O2. The van der Waals surface area contributed by atoms with Crippen LogP contribution in [0.15, 0.2) is 64.9 Å². The number of hydrazone groups is 1. The average Bonchev–Trinajstić information content (AvgIpc) is 2.52. The predicted octanol–water partition coefficient (Wildman–Crippen LogP) is 2.42. The minimum atomic E-state index is -0.491. The summed E-state index contributed by atoms with van der Waals surface area (Å²) >= 11 is 0. The molecule has 0 saturated heterocycles. The van der Waals surface area contributed by atoms with Gasteiger partial charge in [-0.15, -0.1) is 0 Å². The Hall–Kier alpha value is -3.02. The van der Waals surface area contributed by atoms with Gasteiger partial charge >= 0.3 is 0 Å². The van der Waals surface area contributed by atoms with Crippen molar-refractivity contribution in [1.82, 2.24) is 5.43 Å². The first-order chi connectivity index (χ1) is 10.2. The van der Waals surface area contributed by atoms with Gasteiger partial charge in [0, 0.05) is 11.1 Å². The number of benzene rings is 2. The number of nitrogens with one attached hydrogen (secondary N) is 1. The number of amides is 1. The molecule has 0 aliphatic rings. The van der Waals surface area contributed by atoms with Gasteiger partial charge in [0.1, 0.15) is 11.5 Å². The van der Waals surface area contributed by atoms with E-state index in [-0.39, 0.29) is 11.3 Å². The van der Waals surface area contributed by atoms with Crippen molar-refractivity contribution in [3.8, 4) is 0 Å². The molecule has 0 aliphatic carbocycles. The third-order valence-electron chi connectivity index (χ3n) is 2.63. The van der Waals surface area contributed by atoms with Crippen LogP contribution in [0.3, 0.4) is 0 Å². The lowest BCUT2D eigenvalue weighted by atomic mass is 10.1. The number of rotatable bonds is 4. The van der Waals surface area contributed by atoms with Gasteiger partial charge in [0.2, 0.25) is 0 Å². The summed E-state index contributed by atoms with van der Waals surface area (Å²) in [4.78, 5) is 11.8. The topological polar surface area (TPSA) is 74.0 Å². The Morgan fingerprint density at radius 3 is 2.33 bits per heavy atom. The van der Waals surface area contributed by atoms with E-state index < -0.39 is 11.7 Å². The molecule has 0 spiro atoms. The Kier molecular flexibility index (Phi) is 4.76. The third-order valence-corrected chi connectivity index (χ3v) is 2.63. The molecule has 0 heterocycles. The molecule has 5 nitrogen and oxygen atoms in total. The van der Waals surface area contributed by atoms with E-state index in [4.69, 9.17) is 5.21 Å². The Bertz CT molecular complexity index is 667. The van der Waals surface area contributed by atoms with Crippen LogP contribution in [0.1, 0.15) is 15.9 Å². The van der Waals surface area contributed by atoms with Gasteiger partial charge in [-0.25, -0.2) is 9.82 Å². The fourth-order valence-corrected chi connectivity index (χ4v) is 1.61. The van der Waals surface area contributed by atoms with Gasteiger partial charge in [0.25, 0.3) is 5.91 Å². The minimum Gasteiger partial charge on any atom is -0.411 e. The van der Waals surface area contributed by atoms with Crippen LogP contribution in [0.5, 0.6) is 0 Å². The summed E-state index contributed by atoms with van der Waals surface area (Å²) in [6.45, 7) is 0. The van der Waals surface area contributed by atoms with Crippen LogP contribution in [-0.4, -0.2) is 23.0 Å². The van der Waals surface area contributed by atoms with Crippen LogP contribution >= 0.6 is 0 Å². The largest absolute Gasteiger partial charge is 0.411 e. The summed E-state index contributed by atoms with van der Waals surface area (Å²) in [5, 5.41) is 15.5. The summed E-state index contributed by atoms with van der Waals surface area (Å²) in [5.41, 5.74) is 3.56. The number of carbonyl (C=O) groups is 1. The van der Waals surface area contributed by atoms with Crippen LogP contribution in [0.2, 0.25) is 0 Å². The van der Waals surface area contributed by atoms with Crippen LogP contribution in [0, 0.1) is 5.82 Å². The number of hydrogen-bond acceptors (Lipinski definition) is 4. The molecule has 0 saturated carbocycles. The van der Waals surface area contributed by atoms with E-state index in [0.717, 1.165) is 6.21 Å². The van der Waals surface area contributed by atoms with Crippen molar-refractivity contribution in [1.29, 1.82) is 0 Å². The highest BCUT2D eigenvalue weighted by Crippen LogP contribution is 2.03. The summed E-state index contributed by atoms with van der Waals surface area (Å²) in [6.07, 6.45) is 1.11. The molecule has 0 radical (unpaired) electrons. The van der Waals surface area contributed by atoms with E-state index in [1.54, 1.807) is 24.3 Å². The maximum absolute atomic E-state index is 12.8. The third kappa shape index (κ3) is 3.97. The molecule has 0 unspecified atom stereocenters. The number of halogens is 1. The SMILES string of the molecule is O=C(NN=C(C=NO)c1ccccc1)c1ccc(F)cc1. The molecule has 106 valence electrons. The van der Waals surface area contributed by atoms with Crippen molar-refractivity contribution < 1.29 is 14.4 Å². The molecule has 0 fully saturated rings. The Morgan fingerprint density at radius 1 is 1.05 bits per heavy atom. The molecule has 0 atom stereocenters. The molecule has 0 bridgehead atoms. The molecule has 1 amide bonds. The molecule has 21 heavy (non-hydrogen) atoms. The quantitative estimate of drug-likeness (QED) is 0.514. The van der Waals surface area contributed by atoms with Gasteiger partial charge in [-0.3, -0.25) is 4.79 Å². The maximum Gasteiger partial charge on any atom is 0.271 e. The molecule has 6 heteroatoms. The molecule has 2 aromatic carbocycles. The van der Waals surface area contributed by atoms with Crippen LogP contribution < -0.4 is 5.43 Å². The van der Waals surface area contributed by atoms with Crippen molar-refractivity contribution in [2.75, 3.05) is 0 Å². The van der Waals surface area contributed by atoms with E-state index in [0.29, 0.717) is 5.56 Å². The van der Waals surface area contributed by atoms with E-state index in [9.17, 15) is 9.18 Å². The summed E-state index contributed by atoms with van der Waals surface area (Å²) < 4.78 is 12.8. The summed E-state index contributed by atoms with van der Waals surface area (Å²) in [5.74, 6) is -0.915. The molecule has 0 aliphatic heterocycles. The smallest absolute Gasteiger partial charge is 0.271 e. The maximum atomic E-state index is 12.8. The number of nitrogens with zero attached hydrogens (tertiary/aromatic N) is 2. The molecule has 2 N–H and O–H groups in total. The first kappa shape index (κ1) is 14.4. The van der Waals surface area contributed by atoms with Gasteiger partial charge in [0.05, 0.1) is 6.21 Å². The van der Waals surface area contributed by atoms with Crippen molar-refractivity contribution in [3.05, 3.63) is 71.5 Å². The Balaban J connectivity index is 2.16. The second-order valence-electron chi connectivity index (χ2n) is 4.06. The fourth-order valence-electron chi connectivity index (χ4n) is 1.61. The fraction of sp³-hybridized carbons (Fsp3) is 0. The average molecular weight is 285 g/mol. The second kappa shape index (κ2) is 6.95. The van der Waals surface area contributed by atoms with Crippen molar-refractivity contribution >= 4 is 17.8 Å². The summed E-state index contributed by atoms with van der Waals surface area (Å²) in [6, 6.07) is 14.0. The van der Waals surface area contributed by atoms with Gasteiger partial charge < -0.3 is 5.21 Å². The van der Waals surface area contributed by atoms with Gasteiger partial charge in [-0.1, -0.05) is 35.5 Å². The molecule has 2 aromatic rings. The van der Waals surface area contributed by atoms with E-state index >= 15 is 0 Å². The van der Waals surface area contributed by atoms with Crippen LogP contribution in [-0.2, 0) is 0 Å². The lowest BCUT2D eigenvalue weighted by molar-refractivity contribution is 0.0955. The molecule has 2 rings (SSSR count). The summed E-state index contributed by atoms with van der Waals surface area (Å²) in [7, 11) is 0. The Labute approximate surface area is 120 Å². The van der Waals surface area contributed by atoms with Crippen molar-refractivity contribution in [2.45, 2.75) is 0 Å². The van der Waals surface area contributed by atoms with Crippen molar-refractivity contribution in [2.24, 2.45) is 10.3 Å². The standard InChI is InChI=1S/C15H12FN3O2/c16-13-8-6-12(7-9-13)15(20)19-18-14(10-17-21)11-4-2-1-3-5-11/h1-10,21H,(H,19,20). The minimum absolute atomic E-state index is 0.272. The van der Waals surface area contributed by atoms with Crippen molar-refractivity contribution in [3.63, 3.8) is 0 Å². The highest BCUT2D eigenvalue weighted by molar-refractivity contribution is 6.38. The second-order valence-corrected chi connectivity index (χ2v) is 4.06. The lowest BCUT2D eigenvalue weighted by Gasteiger charge is -2.03. The highest BCUT2D eigenvalue weighted by Gasteiger charge is 2.06. The highest BCUT2D eigenvalue weighted by atomic mass is 19.1. The first-order valence-corrected chi connectivity index (χ1v) is 6.07. The Morgan fingerprint density at radius 2 is 1.71 bits per heavy atom. The van der Waals surface area contributed by atoms with E-state index in [1.807, 2.05) is 6.07 Å². The van der Waals surface area contributed by atoms with Crippen LogP contribution in [0.25, 0.3) is 0 Å². The van der Waals surface area contributed by atoms with Gasteiger partial charge in [-0.05, 0) is 24.3 Å². The number of carbonyl (C=O) groups excluding carboxylic acids is 1. The van der Waals surface area contributed by atoms with Gasteiger partial charge in [0.15, 0.2) is 0 Å². The molecular weight excluding hydrogens is 273 g/mol. The monoisotopic (exact) mass is 285 g/mol. The van der Waals surface area contributed by atoms with E-state index in [1.165, 1.54) is 24.3 Å². The lowest BCUT2D eigenvalue weighted by Crippen LogP contribution is -2.20. The normalized spacial score (nSPS) is 11.6. The van der Waals surface area contributed by atoms with E-state index in [2.05, 4.69) is 15.7 Å². The molecule has 0 aromatic heterocycles. The first-order valence-electron chi connectivity index (χ1n) is 6.07. The number of oxime groups is 1. The van der Waals surface area contributed by atoms with Gasteiger partial charge in [-0.2, -0.15) is 5.10 Å². The zero-order valence-electron chi connectivity index (χ0n) is 10.9. The zero-order valence-corrected chi connectivity index (χ0v) is 10.9. The zero-order chi connectivity index (χ0) is 15.1. The predicted molar refractivity (Wildman–Crippen MR) is 77.1 cm³/mol. The number of hydrogen-bond donors (Lipinski definition) is 2. The van der Waals surface area contributed by atoms with Crippen LogP contribution in [0.4, 0.5) is 4.39 Å².